The number of carbonyl (C=O) groups is 2. The fraction of sp³-hybridized carbons (Fsp3) is 0.619. The lowest BCUT2D eigenvalue weighted by atomic mass is 9.98. The van der Waals surface area contributed by atoms with E-state index in [0.29, 0.717) is 30.1 Å². The molecule has 1 aliphatic heterocycles. The van der Waals surface area contributed by atoms with Crippen molar-refractivity contribution in [2.75, 3.05) is 25.4 Å². The van der Waals surface area contributed by atoms with Crippen molar-refractivity contribution < 1.29 is 22.7 Å². The third kappa shape index (κ3) is 7.45. The van der Waals surface area contributed by atoms with E-state index in [2.05, 4.69) is 10.6 Å². The van der Waals surface area contributed by atoms with Crippen LogP contribution in [-0.4, -0.2) is 68.2 Å². The van der Waals surface area contributed by atoms with Crippen molar-refractivity contribution in [1.82, 2.24) is 14.9 Å². The molecule has 1 saturated heterocycles. The highest BCUT2D eigenvalue weighted by Gasteiger charge is 2.31. The van der Waals surface area contributed by atoms with Crippen molar-refractivity contribution >= 4 is 33.4 Å². The van der Waals surface area contributed by atoms with E-state index >= 15 is 0 Å². The van der Waals surface area contributed by atoms with Crippen LogP contribution in [0.5, 0.6) is 0 Å². The molecule has 174 valence electrons. The first-order valence-corrected chi connectivity index (χ1v) is 12.5. The molecule has 1 fully saturated rings. The molecule has 8 nitrogen and oxygen atoms in total. The molecule has 31 heavy (non-hydrogen) atoms. The van der Waals surface area contributed by atoms with Gasteiger partial charge >= 0.3 is 0 Å². The summed E-state index contributed by atoms with van der Waals surface area (Å²) in [5.41, 5.74) is 0.392. The van der Waals surface area contributed by atoms with Crippen molar-refractivity contribution in [2.24, 2.45) is 5.92 Å². The molecule has 0 bridgehead atoms. The summed E-state index contributed by atoms with van der Waals surface area (Å²) in [6, 6.07) is 5.60. The van der Waals surface area contributed by atoms with Crippen molar-refractivity contribution in [3.05, 3.63) is 34.9 Å². The summed E-state index contributed by atoms with van der Waals surface area (Å²) in [6.45, 7) is 8.01. The number of benzene rings is 1. The number of hydrogen-bond donors (Lipinski definition) is 2. The summed E-state index contributed by atoms with van der Waals surface area (Å²) in [5, 5.41) is 5.94. The van der Waals surface area contributed by atoms with Gasteiger partial charge in [0, 0.05) is 30.2 Å². The fourth-order valence-electron chi connectivity index (χ4n) is 3.43. The van der Waals surface area contributed by atoms with Gasteiger partial charge in [0.2, 0.25) is 15.9 Å². The molecular weight excluding hydrogens is 442 g/mol. The summed E-state index contributed by atoms with van der Waals surface area (Å²) in [6.07, 6.45) is 0.317. The van der Waals surface area contributed by atoms with Crippen LogP contribution in [0.25, 0.3) is 0 Å². The van der Waals surface area contributed by atoms with E-state index in [1.165, 1.54) is 4.31 Å². The summed E-state index contributed by atoms with van der Waals surface area (Å²) in [5.74, 6) is -1.14. The van der Waals surface area contributed by atoms with E-state index in [0.717, 1.165) is 0 Å². The van der Waals surface area contributed by atoms with Gasteiger partial charge in [0.1, 0.15) is 6.04 Å². The standard InChI is InChI=1S/C21H32ClN3O5S/c1-5-14(2)19(24-20(26)17-6-8-18(22)9-7-17)21(27)23-10-11-31(28,29)25-12-15(3)30-16(4)13-25/h6-9,14-16,19H,5,10-13H2,1-4H3,(H,23,27)(H,24,26). The van der Waals surface area contributed by atoms with Gasteiger partial charge in [-0.15, -0.1) is 0 Å². The molecule has 4 atom stereocenters. The van der Waals surface area contributed by atoms with E-state index in [1.54, 1.807) is 24.3 Å². The van der Waals surface area contributed by atoms with E-state index in [-0.39, 0.29) is 36.3 Å². The number of hydrogen-bond acceptors (Lipinski definition) is 5. The lowest BCUT2D eigenvalue weighted by Crippen LogP contribution is -2.52. The van der Waals surface area contributed by atoms with E-state index in [9.17, 15) is 18.0 Å². The molecular formula is C21H32ClN3O5S. The Morgan fingerprint density at radius 2 is 1.77 bits per heavy atom. The molecule has 1 aromatic rings. The predicted molar refractivity (Wildman–Crippen MR) is 121 cm³/mol. The zero-order chi connectivity index (χ0) is 23.2. The van der Waals surface area contributed by atoms with Gasteiger partial charge in [-0.3, -0.25) is 9.59 Å². The molecule has 0 spiro atoms. The lowest BCUT2D eigenvalue weighted by Gasteiger charge is -2.34. The number of rotatable bonds is 9. The van der Waals surface area contributed by atoms with Crippen LogP contribution in [-0.2, 0) is 19.6 Å². The Morgan fingerprint density at radius 3 is 2.32 bits per heavy atom. The zero-order valence-corrected chi connectivity index (χ0v) is 20.0. The Morgan fingerprint density at radius 1 is 1.19 bits per heavy atom. The normalized spacial score (nSPS) is 21.8. The molecule has 2 N–H and O–H groups in total. The van der Waals surface area contributed by atoms with E-state index < -0.39 is 22.0 Å². The van der Waals surface area contributed by atoms with Gasteiger partial charge < -0.3 is 15.4 Å². The molecule has 0 aromatic heterocycles. The average Bonchev–Trinajstić information content (AvgIpc) is 2.70. The molecule has 2 amide bonds. The van der Waals surface area contributed by atoms with Crippen molar-refractivity contribution in [2.45, 2.75) is 52.4 Å². The van der Waals surface area contributed by atoms with Crippen LogP contribution in [0.1, 0.15) is 44.5 Å². The van der Waals surface area contributed by atoms with Gasteiger partial charge in [0.15, 0.2) is 0 Å². The first kappa shape index (κ1) is 25.6. The van der Waals surface area contributed by atoms with Crippen molar-refractivity contribution in [1.29, 1.82) is 0 Å². The Kier molecular flexibility index (Phi) is 9.29. The number of carbonyl (C=O) groups excluding carboxylic acids is 2. The summed E-state index contributed by atoms with van der Waals surface area (Å²) in [4.78, 5) is 25.3. The van der Waals surface area contributed by atoms with Crippen LogP contribution in [0.2, 0.25) is 5.02 Å². The molecule has 10 heteroatoms. The smallest absolute Gasteiger partial charge is 0.251 e. The van der Waals surface area contributed by atoms with Gasteiger partial charge in [-0.05, 0) is 44.0 Å². The third-order valence-electron chi connectivity index (χ3n) is 5.33. The van der Waals surface area contributed by atoms with Crippen molar-refractivity contribution in [3.8, 4) is 0 Å². The van der Waals surface area contributed by atoms with Crippen LogP contribution < -0.4 is 10.6 Å². The first-order chi connectivity index (χ1) is 14.5. The Hall–Kier alpha value is -1.68. The maximum atomic E-state index is 12.8. The monoisotopic (exact) mass is 473 g/mol. The van der Waals surface area contributed by atoms with Crippen LogP contribution in [0.4, 0.5) is 0 Å². The molecule has 1 heterocycles. The predicted octanol–water partition coefficient (Wildman–Crippen LogP) is 2.04. The number of nitrogens with zero attached hydrogens (tertiary/aromatic N) is 1. The summed E-state index contributed by atoms with van der Waals surface area (Å²) in [7, 11) is -3.53. The highest BCUT2D eigenvalue weighted by Crippen LogP contribution is 2.15. The van der Waals surface area contributed by atoms with Gasteiger partial charge in [0.05, 0.1) is 18.0 Å². The second kappa shape index (κ2) is 11.3. The minimum Gasteiger partial charge on any atom is -0.373 e. The molecule has 0 radical (unpaired) electrons. The van der Waals surface area contributed by atoms with E-state index in [4.69, 9.17) is 16.3 Å². The Bertz CT molecular complexity index is 852. The number of morpholine rings is 1. The van der Waals surface area contributed by atoms with Crippen LogP contribution >= 0.6 is 11.6 Å². The summed E-state index contributed by atoms with van der Waals surface area (Å²) >= 11 is 5.86. The van der Waals surface area contributed by atoms with Gasteiger partial charge in [-0.25, -0.2) is 8.42 Å². The number of nitrogens with one attached hydrogen (secondary N) is 2. The number of sulfonamides is 1. The van der Waals surface area contributed by atoms with Crippen LogP contribution in [0.15, 0.2) is 24.3 Å². The maximum Gasteiger partial charge on any atom is 0.251 e. The highest BCUT2D eigenvalue weighted by atomic mass is 35.5. The van der Waals surface area contributed by atoms with Crippen LogP contribution in [0.3, 0.4) is 0 Å². The second-order valence-electron chi connectivity index (χ2n) is 8.02. The van der Waals surface area contributed by atoms with Crippen LogP contribution in [0, 0.1) is 5.92 Å². The quantitative estimate of drug-likeness (QED) is 0.571. The number of amides is 2. The molecule has 2 rings (SSSR count). The Balaban J connectivity index is 1.96. The molecule has 0 aliphatic carbocycles. The SMILES string of the molecule is CCC(C)C(NC(=O)c1ccc(Cl)cc1)C(=O)NCCS(=O)(=O)N1CC(C)OC(C)C1. The fourth-order valence-corrected chi connectivity index (χ4v) is 5.05. The minimum atomic E-state index is -3.53. The minimum absolute atomic E-state index is 0.0367. The first-order valence-electron chi connectivity index (χ1n) is 10.5. The van der Waals surface area contributed by atoms with E-state index in [1.807, 2.05) is 27.7 Å². The van der Waals surface area contributed by atoms with Gasteiger partial charge in [-0.2, -0.15) is 4.31 Å². The van der Waals surface area contributed by atoms with Gasteiger partial charge in [0.25, 0.3) is 5.91 Å². The second-order valence-corrected chi connectivity index (χ2v) is 10.5. The largest absolute Gasteiger partial charge is 0.373 e. The average molecular weight is 474 g/mol. The molecule has 1 aliphatic rings. The van der Waals surface area contributed by atoms with Crippen molar-refractivity contribution in [3.63, 3.8) is 0 Å². The molecule has 0 saturated carbocycles. The maximum absolute atomic E-state index is 12.8. The molecule has 1 aromatic carbocycles. The number of ether oxygens (including phenoxy) is 1. The zero-order valence-electron chi connectivity index (χ0n) is 18.4. The third-order valence-corrected chi connectivity index (χ3v) is 7.38. The topological polar surface area (TPSA) is 105 Å². The molecule has 4 unspecified atom stereocenters. The summed E-state index contributed by atoms with van der Waals surface area (Å²) < 4.78 is 32.3. The number of halogens is 1. The highest BCUT2D eigenvalue weighted by molar-refractivity contribution is 7.89. The van der Waals surface area contributed by atoms with Gasteiger partial charge in [-0.1, -0.05) is 31.9 Å². The lowest BCUT2D eigenvalue weighted by molar-refractivity contribution is -0.124. The Labute approximate surface area is 189 Å².